The molecule has 0 radical (unpaired) electrons. The number of nitrogens with zero attached hydrogens (tertiary/aromatic N) is 4. The number of thiophene rings is 1. The van der Waals surface area contributed by atoms with E-state index in [0.29, 0.717) is 16.0 Å². The molecule has 1 amide bonds. The molecule has 0 saturated heterocycles. The van der Waals surface area contributed by atoms with Gasteiger partial charge in [0, 0.05) is 0 Å². The highest BCUT2D eigenvalue weighted by Crippen LogP contribution is 2.24. The number of carbonyl (C=O) groups is 2. The Morgan fingerprint density at radius 2 is 1.94 bits per heavy atom. The molecule has 32 heavy (non-hydrogen) atoms. The summed E-state index contributed by atoms with van der Waals surface area (Å²) >= 11 is 1.20. The van der Waals surface area contributed by atoms with Gasteiger partial charge in [-0.2, -0.15) is 5.10 Å². The van der Waals surface area contributed by atoms with Crippen LogP contribution >= 0.6 is 11.3 Å². The molecule has 164 valence electrons. The average molecular weight is 452 g/mol. The summed E-state index contributed by atoms with van der Waals surface area (Å²) < 4.78 is 7.81. The summed E-state index contributed by atoms with van der Waals surface area (Å²) in [4.78, 5) is 41.8. The molecule has 0 unspecified atom stereocenters. The number of fused-ring (bicyclic) bond motifs is 1. The summed E-state index contributed by atoms with van der Waals surface area (Å²) in [6.45, 7) is 5.67. The highest BCUT2D eigenvalue weighted by Gasteiger charge is 2.18. The van der Waals surface area contributed by atoms with Crippen LogP contribution in [0.5, 0.6) is 0 Å². The van der Waals surface area contributed by atoms with Gasteiger partial charge in [0.2, 0.25) is 5.91 Å². The van der Waals surface area contributed by atoms with Crippen molar-refractivity contribution in [2.45, 2.75) is 27.3 Å². The summed E-state index contributed by atoms with van der Waals surface area (Å²) in [6.07, 6.45) is 2.78. The third kappa shape index (κ3) is 4.17. The maximum atomic E-state index is 12.9. The molecule has 10 heteroatoms. The molecule has 0 aliphatic carbocycles. The van der Waals surface area contributed by atoms with Crippen LogP contribution in [0.15, 0.2) is 47.0 Å². The average Bonchev–Trinajstić information content (AvgIpc) is 3.37. The van der Waals surface area contributed by atoms with Gasteiger partial charge in [0.15, 0.2) is 5.65 Å². The fraction of sp³-hybridized carbons (Fsp3) is 0.227. The molecule has 3 aromatic heterocycles. The number of esters is 1. The molecule has 0 spiro atoms. The third-order valence-electron chi connectivity index (χ3n) is 4.73. The Labute approximate surface area is 187 Å². The smallest absolute Gasteiger partial charge is 0.341 e. The number of anilines is 1. The molecule has 1 N–H and O–H groups in total. The van der Waals surface area contributed by atoms with Gasteiger partial charge in [-0.05, 0) is 55.5 Å². The van der Waals surface area contributed by atoms with E-state index in [9.17, 15) is 14.4 Å². The zero-order valence-electron chi connectivity index (χ0n) is 17.8. The Balaban J connectivity index is 1.58. The lowest BCUT2D eigenvalue weighted by Crippen LogP contribution is -2.28. The number of aromatic nitrogens is 4. The number of ether oxygens (including phenoxy) is 1. The molecule has 9 nitrogen and oxygen atoms in total. The molecule has 0 atom stereocenters. The Hall–Kier alpha value is -3.79. The van der Waals surface area contributed by atoms with E-state index in [-0.39, 0.29) is 24.3 Å². The van der Waals surface area contributed by atoms with Crippen molar-refractivity contribution in [1.82, 2.24) is 19.3 Å². The lowest BCUT2D eigenvalue weighted by atomic mass is 10.1. The van der Waals surface area contributed by atoms with Crippen molar-refractivity contribution in [2.24, 2.45) is 0 Å². The van der Waals surface area contributed by atoms with Crippen molar-refractivity contribution in [2.75, 3.05) is 11.9 Å². The quantitative estimate of drug-likeness (QED) is 0.452. The van der Waals surface area contributed by atoms with Crippen LogP contribution in [0.3, 0.4) is 0 Å². The van der Waals surface area contributed by atoms with E-state index in [1.165, 1.54) is 28.4 Å². The van der Waals surface area contributed by atoms with Crippen LogP contribution in [0.2, 0.25) is 0 Å². The maximum Gasteiger partial charge on any atom is 0.341 e. The standard InChI is InChI=1S/C22H21N5O4S/c1-4-31-22(30)16-5-6-32-20(16)25-18(28)11-26-12-23-19-17(21(26)29)10-24-27(19)15-8-13(2)7-14(3)9-15/h5-10,12H,4,11H2,1-3H3,(H,25,28). The zero-order chi connectivity index (χ0) is 22.8. The molecule has 3 heterocycles. The van der Waals surface area contributed by atoms with Gasteiger partial charge in [0.25, 0.3) is 5.56 Å². The summed E-state index contributed by atoms with van der Waals surface area (Å²) in [5.74, 6) is -0.967. The minimum absolute atomic E-state index is 0.235. The highest BCUT2D eigenvalue weighted by molar-refractivity contribution is 7.14. The number of hydrogen-bond donors (Lipinski definition) is 1. The SMILES string of the molecule is CCOC(=O)c1ccsc1NC(=O)Cn1cnc2c(cnn2-c2cc(C)cc(C)c2)c1=O. The van der Waals surface area contributed by atoms with Gasteiger partial charge < -0.3 is 10.1 Å². The second-order valence-electron chi connectivity index (χ2n) is 7.25. The number of aryl methyl sites for hydroxylation is 2. The predicted octanol–water partition coefficient (Wildman–Crippen LogP) is 3.08. The van der Waals surface area contributed by atoms with Crippen molar-refractivity contribution in [3.8, 4) is 5.69 Å². The first-order valence-electron chi connectivity index (χ1n) is 9.93. The number of benzene rings is 1. The normalized spacial score (nSPS) is 11.0. The Bertz CT molecular complexity index is 1360. The van der Waals surface area contributed by atoms with Gasteiger partial charge in [0.05, 0.1) is 24.1 Å². The Morgan fingerprint density at radius 3 is 2.66 bits per heavy atom. The van der Waals surface area contributed by atoms with Gasteiger partial charge in [-0.3, -0.25) is 14.2 Å². The second-order valence-corrected chi connectivity index (χ2v) is 8.17. The van der Waals surface area contributed by atoms with Gasteiger partial charge in [-0.25, -0.2) is 14.5 Å². The van der Waals surface area contributed by atoms with E-state index in [0.717, 1.165) is 16.8 Å². The monoisotopic (exact) mass is 451 g/mol. The molecule has 0 aliphatic heterocycles. The number of rotatable bonds is 6. The van der Waals surface area contributed by atoms with Crippen LogP contribution in [0.4, 0.5) is 5.00 Å². The van der Waals surface area contributed by atoms with E-state index in [4.69, 9.17) is 4.74 Å². The molecule has 0 bridgehead atoms. The van der Waals surface area contributed by atoms with Crippen molar-refractivity contribution >= 4 is 39.2 Å². The van der Waals surface area contributed by atoms with Crippen molar-refractivity contribution < 1.29 is 14.3 Å². The molecule has 4 rings (SSSR count). The molecule has 4 aromatic rings. The summed E-state index contributed by atoms with van der Waals surface area (Å²) in [5.41, 5.74) is 3.27. The van der Waals surface area contributed by atoms with E-state index < -0.39 is 11.9 Å². The Morgan fingerprint density at radius 1 is 1.19 bits per heavy atom. The summed E-state index contributed by atoms with van der Waals surface area (Å²) in [5, 5.41) is 9.36. The first-order chi connectivity index (χ1) is 15.4. The minimum atomic E-state index is -0.511. The largest absolute Gasteiger partial charge is 0.462 e. The number of carbonyl (C=O) groups excluding carboxylic acids is 2. The van der Waals surface area contributed by atoms with Crippen molar-refractivity contribution in [1.29, 1.82) is 0 Å². The zero-order valence-corrected chi connectivity index (χ0v) is 18.6. The van der Waals surface area contributed by atoms with Gasteiger partial charge in [-0.1, -0.05) is 6.07 Å². The van der Waals surface area contributed by atoms with Crippen LogP contribution in [0.1, 0.15) is 28.4 Å². The summed E-state index contributed by atoms with van der Waals surface area (Å²) in [6, 6.07) is 7.55. The number of hydrogen-bond acceptors (Lipinski definition) is 7. The predicted molar refractivity (Wildman–Crippen MR) is 122 cm³/mol. The van der Waals surface area contributed by atoms with Crippen LogP contribution in [0, 0.1) is 13.8 Å². The Kier molecular flexibility index (Phi) is 5.87. The highest BCUT2D eigenvalue weighted by atomic mass is 32.1. The van der Waals surface area contributed by atoms with Gasteiger partial charge in [-0.15, -0.1) is 11.3 Å². The van der Waals surface area contributed by atoms with Crippen LogP contribution < -0.4 is 10.9 Å². The fourth-order valence-corrected chi connectivity index (χ4v) is 4.21. The van der Waals surface area contributed by atoms with Crippen LogP contribution in [0.25, 0.3) is 16.7 Å². The van der Waals surface area contributed by atoms with Crippen molar-refractivity contribution in [3.05, 3.63) is 69.2 Å². The fourth-order valence-electron chi connectivity index (χ4n) is 3.42. The van der Waals surface area contributed by atoms with Crippen molar-refractivity contribution in [3.63, 3.8) is 0 Å². The minimum Gasteiger partial charge on any atom is -0.462 e. The molecule has 0 aliphatic rings. The van der Waals surface area contributed by atoms with Crippen LogP contribution in [-0.2, 0) is 16.1 Å². The lowest BCUT2D eigenvalue weighted by molar-refractivity contribution is -0.116. The third-order valence-corrected chi connectivity index (χ3v) is 5.56. The topological polar surface area (TPSA) is 108 Å². The van der Waals surface area contributed by atoms with Gasteiger partial charge in [0.1, 0.15) is 23.3 Å². The second kappa shape index (κ2) is 8.75. The van der Waals surface area contributed by atoms with Crippen LogP contribution in [-0.4, -0.2) is 37.8 Å². The number of amides is 1. The molecular weight excluding hydrogens is 430 g/mol. The van der Waals surface area contributed by atoms with Gasteiger partial charge >= 0.3 is 5.97 Å². The molecule has 0 saturated carbocycles. The van der Waals surface area contributed by atoms with E-state index in [2.05, 4.69) is 21.5 Å². The summed E-state index contributed by atoms with van der Waals surface area (Å²) in [7, 11) is 0. The first-order valence-corrected chi connectivity index (χ1v) is 10.8. The van der Waals surface area contributed by atoms with E-state index >= 15 is 0 Å². The maximum absolute atomic E-state index is 12.9. The number of nitrogens with one attached hydrogen (secondary N) is 1. The molecule has 1 aromatic carbocycles. The van der Waals surface area contributed by atoms with E-state index in [1.54, 1.807) is 23.1 Å². The molecule has 0 fully saturated rings. The lowest BCUT2D eigenvalue weighted by Gasteiger charge is -2.09. The first kappa shape index (κ1) is 21.4. The van der Waals surface area contributed by atoms with E-state index in [1.807, 2.05) is 26.0 Å². The molecular formula is C22H21N5O4S.